The molecule has 0 aliphatic heterocycles. The van der Waals surface area contributed by atoms with Gasteiger partial charge in [0.05, 0.1) is 0 Å². The SMILES string of the molecule is O=C(NC1CCCC1)Oc1cccc(-c2cncc(-c3nnn[nH]3)c2)c1. The van der Waals surface area contributed by atoms with Crippen molar-refractivity contribution in [1.82, 2.24) is 30.9 Å². The number of benzene rings is 1. The number of nitrogens with zero attached hydrogens (tertiary/aromatic N) is 4. The second-order valence-electron chi connectivity index (χ2n) is 6.26. The Morgan fingerprint density at radius 3 is 2.77 bits per heavy atom. The number of aromatic amines is 1. The molecule has 0 unspecified atom stereocenters. The maximum absolute atomic E-state index is 12.1. The molecule has 132 valence electrons. The Hall–Kier alpha value is -3.29. The van der Waals surface area contributed by atoms with Gasteiger partial charge in [-0.05, 0) is 47.0 Å². The molecule has 1 aliphatic rings. The number of pyridine rings is 1. The summed E-state index contributed by atoms with van der Waals surface area (Å²) in [6, 6.07) is 9.50. The van der Waals surface area contributed by atoms with E-state index in [4.69, 9.17) is 4.74 Å². The van der Waals surface area contributed by atoms with Crippen LogP contribution in [-0.4, -0.2) is 37.7 Å². The normalized spacial score (nSPS) is 14.3. The van der Waals surface area contributed by atoms with Crippen molar-refractivity contribution in [2.45, 2.75) is 31.7 Å². The molecule has 1 aliphatic carbocycles. The van der Waals surface area contributed by atoms with E-state index in [1.54, 1.807) is 18.5 Å². The third-order valence-corrected chi connectivity index (χ3v) is 4.41. The third-order valence-electron chi connectivity index (χ3n) is 4.41. The highest BCUT2D eigenvalue weighted by Crippen LogP contribution is 2.26. The minimum atomic E-state index is -0.409. The van der Waals surface area contributed by atoms with Crippen LogP contribution in [0, 0.1) is 0 Å². The first-order valence-corrected chi connectivity index (χ1v) is 8.56. The highest BCUT2D eigenvalue weighted by molar-refractivity contribution is 5.73. The van der Waals surface area contributed by atoms with E-state index < -0.39 is 6.09 Å². The summed E-state index contributed by atoms with van der Waals surface area (Å²) < 4.78 is 5.43. The maximum atomic E-state index is 12.1. The number of aromatic nitrogens is 5. The molecule has 1 saturated carbocycles. The average molecular weight is 350 g/mol. The van der Waals surface area contributed by atoms with Gasteiger partial charge in [0, 0.05) is 29.6 Å². The molecule has 2 N–H and O–H groups in total. The Labute approximate surface area is 150 Å². The van der Waals surface area contributed by atoms with E-state index in [-0.39, 0.29) is 6.04 Å². The van der Waals surface area contributed by atoms with E-state index in [0.717, 1.165) is 42.4 Å². The number of rotatable bonds is 4. The summed E-state index contributed by atoms with van der Waals surface area (Å²) in [5, 5.41) is 16.7. The minimum Gasteiger partial charge on any atom is -0.410 e. The van der Waals surface area contributed by atoms with Crippen molar-refractivity contribution in [1.29, 1.82) is 0 Å². The summed E-state index contributed by atoms with van der Waals surface area (Å²) >= 11 is 0. The van der Waals surface area contributed by atoms with Gasteiger partial charge in [-0.2, -0.15) is 0 Å². The largest absolute Gasteiger partial charge is 0.412 e. The van der Waals surface area contributed by atoms with E-state index >= 15 is 0 Å². The van der Waals surface area contributed by atoms with Crippen LogP contribution in [0.1, 0.15) is 25.7 Å². The second-order valence-corrected chi connectivity index (χ2v) is 6.26. The number of carbonyl (C=O) groups excluding carboxylic acids is 1. The minimum absolute atomic E-state index is 0.224. The molecule has 1 aromatic carbocycles. The molecular formula is C18H18N6O2. The summed E-state index contributed by atoms with van der Waals surface area (Å²) in [4.78, 5) is 16.3. The van der Waals surface area contributed by atoms with Gasteiger partial charge in [-0.15, -0.1) is 5.10 Å². The van der Waals surface area contributed by atoms with Crippen molar-refractivity contribution in [3.8, 4) is 28.3 Å². The molecular weight excluding hydrogens is 332 g/mol. The van der Waals surface area contributed by atoms with E-state index in [2.05, 4.69) is 30.9 Å². The molecule has 8 heteroatoms. The van der Waals surface area contributed by atoms with Crippen molar-refractivity contribution in [3.05, 3.63) is 42.7 Å². The molecule has 0 saturated heterocycles. The number of carbonyl (C=O) groups is 1. The molecule has 0 bridgehead atoms. The maximum Gasteiger partial charge on any atom is 0.412 e. The Bertz CT molecular complexity index is 890. The van der Waals surface area contributed by atoms with E-state index in [0.29, 0.717) is 11.6 Å². The first-order valence-electron chi connectivity index (χ1n) is 8.56. The summed E-state index contributed by atoms with van der Waals surface area (Å²) in [5.41, 5.74) is 2.54. The van der Waals surface area contributed by atoms with Crippen molar-refractivity contribution in [3.63, 3.8) is 0 Å². The Morgan fingerprint density at radius 2 is 1.96 bits per heavy atom. The van der Waals surface area contributed by atoms with Gasteiger partial charge in [-0.25, -0.2) is 9.89 Å². The van der Waals surface area contributed by atoms with Gasteiger partial charge in [0.1, 0.15) is 5.75 Å². The van der Waals surface area contributed by atoms with Crippen LogP contribution in [0.4, 0.5) is 4.79 Å². The molecule has 26 heavy (non-hydrogen) atoms. The van der Waals surface area contributed by atoms with Gasteiger partial charge < -0.3 is 10.1 Å². The van der Waals surface area contributed by atoms with Crippen molar-refractivity contribution in [2.24, 2.45) is 0 Å². The highest BCUT2D eigenvalue weighted by atomic mass is 16.6. The number of nitrogens with one attached hydrogen (secondary N) is 2. The third kappa shape index (κ3) is 3.69. The first-order chi connectivity index (χ1) is 12.8. The fraction of sp³-hybridized carbons (Fsp3) is 0.278. The van der Waals surface area contributed by atoms with Crippen LogP contribution in [-0.2, 0) is 0 Å². The number of amides is 1. The van der Waals surface area contributed by atoms with Gasteiger partial charge in [0.2, 0.25) is 0 Å². The molecule has 0 atom stereocenters. The fourth-order valence-corrected chi connectivity index (χ4v) is 3.12. The second kappa shape index (κ2) is 7.30. The van der Waals surface area contributed by atoms with E-state index in [9.17, 15) is 4.79 Å². The van der Waals surface area contributed by atoms with E-state index in [1.165, 1.54) is 0 Å². The standard InChI is InChI=1S/C18H18N6O2/c25-18(20-15-5-1-2-6-15)26-16-7-3-4-12(9-16)13-8-14(11-19-10-13)17-21-23-24-22-17/h3-4,7-11,15H,1-2,5-6H2,(H,20,25)(H,21,22,23,24). The first kappa shape index (κ1) is 16.2. The van der Waals surface area contributed by atoms with Gasteiger partial charge in [0.15, 0.2) is 5.82 Å². The lowest BCUT2D eigenvalue weighted by molar-refractivity contribution is 0.196. The monoisotopic (exact) mass is 350 g/mol. The lowest BCUT2D eigenvalue weighted by Gasteiger charge is -2.12. The van der Waals surface area contributed by atoms with Crippen LogP contribution in [0.5, 0.6) is 5.75 Å². The molecule has 1 amide bonds. The van der Waals surface area contributed by atoms with Crippen LogP contribution in [0.2, 0.25) is 0 Å². The van der Waals surface area contributed by atoms with Crippen LogP contribution in [0.25, 0.3) is 22.5 Å². The van der Waals surface area contributed by atoms with Gasteiger partial charge in [-0.3, -0.25) is 4.98 Å². The van der Waals surface area contributed by atoms with Crippen LogP contribution in [0.3, 0.4) is 0 Å². The number of ether oxygens (including phenoxy) is 1. The van der Waals surface area contributed by atoms with Crippen LogP contribution >= 0.6 is 0 Å². The molecule has 0 radical (unpaired) electrons. The predicted molar refractivity (Wildman–Crippen MR) is 94.3 cm³/mol. The average Bonchev–Trinajstić information content (AvgIpc) is 3.36. The van der Waals surface area contributed by atoms with Gasteiger partial charge in [0.25, 0.3) is 0 Å². The summed E-state index contributed by atoms with van der Waals surface area (Å²) in [6.07, 6.45) is 7.36. The molecule has 8 nitrogen and oxygen atoms in total. The summed E-state index contributed by atoms with van der Waals surface area (Å²) in [5.74, 6) is 1.03. The fourth-order valence-electron chi connectivity index (χ4n) is 3.12. The highest BCUT2D eigenvalue weighted by Gasteiger charge is 2.18. The number of H-pyrrole nitrogens is 1. The Kier molecular flexibility index (Phi) is 4.55. The predicted octanol–water partition coefficient (Wildman–Crippen LogP) is 2.96. The van der Waals surface area contributed by atoms with Crippen LogP contribution in [0.15, 0.2) is 42.7 Å². The zero-order valence-electron chi connectivity index (χ0n) is 14.1. The summed E-state index contributed by atoms with van der Waals surface area (Å²) in [6.45, 7) is 0. The lowest BCUT2D eigenvalue weighted by Crippen LogP contribution is -2.34. The number of tetrazole rings is 1. The Morgan fingerprint density at radius 1 is 1.12 bits per heavy atom. The number of hydrogen-bond acceptors (Lipinski definition) is 6. The van der Waals surface area contributed by atoms with Gasteiger partial charge >= 0.3 is 6.09 Å². The molecule has 4 rings (SSSR count). The quantitative estimate of drug-likeness (QED) is 0.749. The molecule has 1 fully saturated rings. The van der Waals surface area contributed by atoms with Gasteiger partial charge in [-0.1, -0.05) is 25.0 Å². The van der Waals surface area contributed by atoms with E-state index in [1.807, 2.05) is 24.3 Å². The zero-order chi connectivity index (χ0) is 17.8. The van der Waals surface area contributed by atoms with Crippen molar-refractivity contribution in [2.75, 3.05) is 0 Å². The molecule has 2 heterocycles. The van der Waals surface area contributed by atoms with Crippen molar-refractivity contribution < 1.29 is 9.53 Å². The number of hydrogen-bond donors (Lipinski definition) is 2. The zero-order valence-corrected chi connectivity index (χ0v) is 14.1. The Balaban J connectivity index is 1.50. The molecule has 3 aromatic rings. The van der Waals surface area contributed by atoms with Crippen LogP contribution < -0.4 is 10.1 Å². The molecule has 2 aromatic heterocycles. The lowest BCUT2D eigenvalue weighted by atomic mass is 10.1. The molecule has 0 spiro atoms. The summed E-state index contributed by atoms with van der Waals surface area (Å²) in [7, 11) is 0. The topological polar surface area (TPSA) is 106 Å². The van der Waals surface area contributed by atoms with Crippen molar-refractivity contribution >= 4 is 6.09 Å². The smallest absolute Gasteiger partial charge is 0.410 e.